The first-order valence-electron chi connectivity index (χ1n) is 8.49. The summed E-state index contributed by atoms with van der Waals surface area (Å²) in [6.07, 6.45) is 0. The third-order valence-electron chi connectivity index (χ3n) is 4.44. The van der Waals surface area contributed by atoms with Crippen molar-refractivity contribution in [3.63, 3.8) is 0 Å². The molecule has 0 aliphatic heterocycles. The molecule has 3 aromatic carbocycles. The maximum Gasteiger partial charge on any atom is 0.336 e. The van der Waals surface area contributed by atoms with Crippen LogP contribution in [0.15, 0.2) is 78.9 Å². The van der Waals surface area contributed by atoms with E-state index in [0.717, 1.165) is 5.56 Å². The van der Waals surface area contributed by atoms with Crippen LogP contribution in [0.1, 0.15) is 38.9 Å². The fourth-order valence-electron chi connectivity index (χ4n) is 3.11. The third kappa shape index (κ3) is 4.07. The van der Waals surface area contributed by atoms with Crippen molar-refractivity contribution in [1.82, 2.24) is 0 Å². The van der Waals surface area contributed by atoms with Crippen LogP contribution < -0.4 is 10.6 Å². The largest absolute Gasteiger partial charge is 0.478 e. The molecule has 0 aliphatic rings. The van der Waals surface area contributed by atoms with Crippen molar-refractivity contribution >= 4 is 30.5 Å². The molecule has 0 radical (unpaired) electrons. The average Bonchev–Trinajstić information content (AvgIpc) is 2.69. The lowest BCUT2D eigenvalue weighted by Crippen LogP contribution is -2.16. The molecule has 5 heteroatoms. The molecular formula is C22H19O4P. The quantitative estimate of drug-likeness (QED) is 0.628. The van der Waals surface area contributed by atoms with E-state index in [9.17, 15) is 19.8 Å². The Labute approximate surface area is 158 Å². The van der Waals surface area contributed by atoms with Gasteiger partial charge in [-0.2, -0.15) is 0 Å². The summed E-state index contributed by atoms with van der Waals surface area (Å²) in [5.41, 5.74) is 0.465. The van der Waals surface area contributed by atoms with Gasteiger partial charge >= 0.3 is 11.9 Å². The van der Waals surface area contributed by atoms with Gasteiger partial charge in [-0.1, -0.05) is 73.7 Å². The van der Waals surface area contributed by atoms with Gasteiger partial charge in [0, 0.05) is 5.66 Å². The minimum absolute atomic E-state index is 0.0192. The summed E-state index contributed by atoms with van der Waals surface area (Å²) in [7, 11) is -0.785. The van der Waals surface area contributed by atoms with Crippen LogP contribution in [-0.4, -0.2) is 22.2 Å². The smallest absolute Gasteiger partial charge is 0.336 e. The molecule has 1 unspecified atom stereocenters. The molecule has 0 amide bonds. The Kier molecular flexibility index (Phi) is 5.68. The lowest BCUT2D eigenvalue weighted by Gasteiger charge is -2.26. The number of aromatic carboxylic acids is 2. The second kappa shape index (κ2) is 8.15. The molecule has 1 atom stereocenters. The molecule has 0 aliphatic carbocycles. The summed E-state index contributed by atoms with van der Waals surface area (Å²) in [6.45, 7) is 2.06. The van der Waals surface area contributed by atoms with Crippen molar-refractivity contribution in [2.75, 3.05) is 0 Å². The maximum atomic E-state index is 11.6. The fraction of sp³-hybridized carbons (Fsp3) is 0.0909. The molecular weight excluding hydrogens is 359 g/mol. The highest BCUT2D eigenvalue weighted by Gasteiger charge is 2.25. The lowest BCUT2D eigenvalue weighted by molar-refractivity contribution is 0.0651. The van der Waals surface area contributed by atoms with Crippen molar-refractivity contribution in [3.05, 3.63) is 95.6 Å². The second-order valence-corrected chi connectivity index (χ2v) is 8.68. The van der Waals surface area contributed by atoms with Crippen LogP contribution in [0.25, 0.3) is 0 Å². The van der Waals surface area contributed by atoms with Gasteiger partial charge in [-0.25, -0.2) is 9.59 Å². The van der Waals surface area contributed by atoms with Gasteiger partial charge in [0.25, 0.3) is 0 Å². The van der Waals surface area contributed by atoms with Crippen LogP contribution >= 0.6 is 7.92 Å². The number of carboxylic acid groups (broad SMARTS) is 2. The minimum atomic E-state index is -1.24. The van der Waals surface area contributed by atoms with Gasteiger partial charge in [0.15, 0.2) is 0 Å². The molecule has 0 heterocycles. The van der Waals surface area contributed by atoms with Gasteiger partial charge in [0.2, 0.25) is 0 Å². The van der Waals surface area contributed by atoms with Crippen molar-refractivity contribution in [2.24, 2.45) is 0 Å². The van der Waals surface area contributed by atoms with Gasteiger partial charge in [-0.15, -0.1) is 0 Å². The Bertz CT molecular complexity index is 915. The standard InChI is InChI=1S/C22H19O4P/c1-15(16-12-13-19(21(23)24)20(14-16)22(25)26)27(17-8-4-2-5-9-17)18-10-6-3-7-11-18/h2-15H,1H3,(H,23,24)(H,25,26). The number of carboxylic acids is 2. The molecule has 3 rings (SSSR count). The van der Waals surface area contributed by atoms with E-state index >= 15 is 0 Å². The summed E-state index contributed by atoms with van der Waals surface area (Å²) in [5.74, 6) is -2.47. The zero-order valence-electron chi connectivity index (χ0n) is 14.7. The first-order valence-corrected chi connectivity index (χ1v) is 9.90. The Morgan fingerprint density at radius 2 is 1.22 bits per heavy atom. The molecule has 0 aromatic heterocycles. The number of benzene rings is 3. The van der Waals surface area contributed by atoms with E-state index in [2.05, 4.69) is 31.2 Å². The molecule has 0 spiro atoms. The molecule has 3 aromatic rings. The van der Waals surface area contributed by atoms with Crippen LogP contribution in [-0.2, 0) is 0 Å². The van der Waals surface area contributed by atoms with Gasteiger partial charge in [0.05, 0.1) is 11.1 Å². The molecule has 2 N–H and O–H groups in total. The van der Waals surface area contributed by atoms with Gasteiger partial charge in [-0.3, -0.25) is 0 Å². The number of carbonyl (C=O) groups is 2. The normalized spacial score (nSPS) is 11.9. The van der Waals surface area contributed by atoms with E-state index < -0.39 is 19.9 Å². The van der Waals surface area contributed by atoms with Crippen LogP contribution in [0, 0.1) is 0 Å². The number of hydrogen-bond donors (Lipinski definition) is 2. The van der Waals surface area contributed by atoms with Crippen LogP contribution in [0.2, 0.25) is 0 Å². The monoisotopic (exact) mass is 378 g/mol. The van der Waals surface area contributed by atoms with Crippen molar-refractivity contribution in [1.29, 1.82) is 0 Å². The predicted octanol–water partition coefficient (Wildman–Crippen LogP) is 4.28. The topological polar surface area (TPSA) is 74.6 Å². The minimum Gasteiger partial charge on any atom is -0.478 e. The molecule has 0 saturated carbocycles. The lowest BCUT2D eigenvalue weighted by atomic mass is 10.0. The van der Waals surface area contributed by atoms with Gasteiger partial charge in [-0.05, 0) is 36.2 Å². The van der Waals surface area contributed by atoms with Gasteiger partial charge < -0.3 is 10.2 Å². The highest BCUT2D eigenvalue weighted by atomic mass is 31.1. The summed E-state index contributed by atoms with van der Waals surface area (Å²) >= 11 is 0. The zero-order chi connectivity index (χ0) is 19.4. The zero-order valence-corrected chi connectivity index (χ0v) is 15.6. The van der Waals surface area contributed by atoms with Gasteiger partial charge in [0.1, 0.15) is 0 Å². The van der Waals surface area contributed by atoms with E-state index in [1.54, 1.807) is 6.07 Å². The molecule has 0 fully saturated rings. The first kappa shape index (κ1) is 18.8. The number of rotatable bonds is 6. The highest BCUT2D eigenvalue weighted by Crippen LogP contribution is 2.49. The Hall–Kier alpha value is -2.97. The maximum absolute atomic E-state index is 11.6. The Morgan fingerprint density at radius 3 is 1.67 bits per heavy atom. The van der Waals surface area contributed by atoms with E-state index in [4.69, 9.17) is 0 Å². The molecule has 0 saturated heterocycles. The summed E-state index contributed by atoms with van der Waals surface area (Å²) < 4.78 is 0. The van der Waals surface area contributed by atoms with Crippen molar-refractivity contribution in [3.8, 4) is 0 Å². The molecule has 4 nitrogen and oxygen atoms in total. The highest BCUT2D eigenvalue weighted by molar-refractivity contribution is 7.73. The summed E-state index contributed by atoms with van der Waals surface area (Å²) in [5, 5.41) is 21.1. The van der Waals surface area contributed by atoms with E-state index in [1.807, 2.05) is 36.4 Å². The fourth-order valence-corrected chi connectivity index (χ4v) is 5.75. The van der Waals surface area contributed by atoms with Crippen molar-refractivity contribution < 1.29 is 19.8 Å². The average molecular weight is 378 g/mol. The van der Waals surface area contributed by atoms with E-state index in [-0.39, 0.29) is 16.8 Å². The van der Waals surface area contributed by atoms with Crippen molar-refractivity contribution in [2.45, 2.75) is 12.6 Å². The SMILES string of the molecule is CC(c1ccc(C(=O)O)c(C(=O)O)c1)P(c1ccccc1)c1ccccc1. The van der Waals surface area contributed by atoms with Crippen LogP contribution in [0.3, 0.4) is 0 Å². The van der Waals surface area contributed by atoms with E-state index in [1.165, 1.54) is 22.7 Å². The predicted molar refractivity (Wildman–Crippen MR) is 108 cm³/mol. The Balaban J connectivity index is 2.10. The van der Waals surface area contributed by atoms with Crippen LogP contribution in [0.4, 0.5) is 0 Å². The Morgan fingerprint density at radius 1 is 0.741 bits per heavy atom. The molecule has 27 heavy (non-hydrogen) atoms. The summed E-state index contributed by atoms with van der Waals surface area (Å²) in [4.78, 5) is 22.9. The first-order chi connectivity index (χ1) is 13.0. The molecule has 136 valence electrons. The second-order valence-electron chi connectivity index (χ2n) is 6.13. The summed E-state index contributed by atoms with van der Waals surface area (Å²) in [6, 6.07) is 24.9. The number of hydrogen-bond acceptors (Lipinski definition) is 2. The van der Waals surface area contributed by atoms with E-state index in [0.29, 0.717) is 0 Å². The molecule has 0 bridgehead atoms. The van der Waals surface area contributed by atoms with Crippen LogP contribution in [0.5, 0.6) is 0 Å². The third-order valence-corrected chi connectivity index (χ3v) is 7.22.